The van der Waals surface area contributed by atoms with Crippen LogP contribution in [0.4, 0.5) is 0 Å². The number of hydrogen-bond donors (Lipinski definition) is 3. The highest BCUT2D eigenvalue weighted by atomic mass is 16.2. The molecule has 2 aromatic rings. The number of benzene rings is 2. The molecule has 0 heterocycles. The minimum atomic E-state index is -0.614. The summed E-state index contributed by atoms with van der Waals surface area (Å²) in [6, 6.07) is 18.0. The van der Waals surface area contributed by atoms with Crippen LogP contribution >= 0.6 is 0 Å². The fourth-order valence-corrected chi connectivity index (χ4v) is 2.32. The summed E-state index contributed by atoms with van der Waals surface area (Å²) < 4.78 is 0. The summed E-state index contributed by atoms with van der Waals surface area (Å²) in [6.07, 6.45) is 0.449. The number of nitrogens with one attached hydrogen (secondary N) is 3. The standard InChI is InChI=1S/C19H23N3O2/c1-20-12-13-21-19(24)17(14-15-8-4-2-5-9-15)22-18(23)16-10-6-3-7-11-16/h2-11,17,20H,12-14H2,1H3,(H,21,24)(H,22,23). The number of carbonyl (C=O) groups excluding carboxylic acids is 2. The first-order chi connectivity index (χ1) is 11.7. The van der Waals surface area contributed by atoms with E-state index in [1.54, 1.807) is 24.3 Å². The highest BCUT2D eigenvalue weighted by Gasteiger charge is 2.21. The average Bonchev–Trinajstić information content (AvgIpc) is 2.63. The Kier molecular flexibility index (Phi) is 6.98. The third kappa shape index (κ3) is 5.52. The summed E-state index contributed by atoms with van der Waals surface area (Å²) in [4.78, 5) is 24.8. The van der Waals surface area contributed by atoms with Crippen molar-refractivity contribution >= 4 is 11.8 Å². The summed E-state index contributed by atoms with van der Waals surface area (Å²) in [5.74, 6) is -0.432. The monoisotopic (exact) mass is 325 g/mol. The molecule has 24 heavy (non-hydrogen) atoms. The third-order valence-electron chi connectivity index (χ3n) is 3.61. The first kappa shape index (κ1) is 17.7. The van der Waals surface area contributed by atoms with Crippen molar-refractivity contribution in [1.82, 2.24) is 16.0 Å². The molecule has 0 radical (unpaired) electrons. The summed E-state index contributed by atoms with van der Waals surface area (Å²) in [7, 11) is 1.82. The Morgan fingerprint density at radius 1 is 0.917 bits per heavy atom. The van der Waals surface area contributed by atoms with Gasteiger partial charge in [-0.2, -0.15) is 0 Å². The van der Waals surface area contributed by atoms with Gasteiger partial charge in [-0.1, -0.05) is 48.5 Å². The predicted molar refractivity (Wildman–Crippen MR) is 94.8 cm³/mol. The van der Waals surface area contributed by atoms with E-state index in [9.17, 15) is 9.59 Å². The van der Waals surface area contributed by atoms with E-state index in [2.05, 4.69) is 16.0 Å². The maximum absolute atomic E-state index is 12.4. The molecule has 2 rings (SSSR count). The molecule has 5 heteroatoms. The van der Waals surface area contributed by atoms with Gasteiger partial charge in [-0.05, 0) is 24.7 Å². The molecule has 5 nitrogen and oxygen atoms in total. The molecule has 0 spiro atoms. The third-order valence-corrected chi connectivity index (χ3v) is 3.61. The van der Waals surface area contributed by atoms with Crippen molar-refractivity contribution in [3.63, 3.8) is 0 Å². The van der Waals surface area contributed by atoms with Crippen molar-refractivity contribution < 1.29 is 9.59 Å². The molecule has 1 unspecified atom stereocenters. The van der Waals surface area contributed by atoms with Crippen LogP contribution in [-0.2, 0) is 11.2 Å². The molecule has 2 aromatic carbocycles. The van der Waals surface area contributed by atoms with Gasteiger partial charge in [-0.25, -0.2) is 0 Å². The number of hydrogen-bond acceptors (Lipinski definition) is 3. The summed E-state index contributed by atoms with van der Waals surface area (Å²) >= 11 is 0. The van der Waals surface area contributed by atoms with Crippen molar-refractivity contribution in [1.29, 1.82) is 0 Å². The molecule has 0 bridgehead atoms. The van der Waals surface area contributed by atoms with Gasteiger partial charge in [-0.3, -0.25) is 9.59 Å². The number of carbonyl (C=O) groups is 2. The Morgan fingerprint density at radius 2 is 1.54 bits per heavy atom. The van der Waals surface area contributed by atoms with Crippen molar-refractivity contribution in [3.8, 4) is 0 Å². The van der Waals surface area contributed by atoms with Crippen LogP contribution in [-0.4, -0.2) is 38.0 Å². The lowest BCUT2D eigenvalue weighted by atomic mass is 10.0. The molecule has 0 fully saturated rings. The van der Waals surface area contributed by atoms with Gasteiger partial charge in [-0.15, -0.1) is 0 Å². The maximum atomic E-state index is 12.4. The summed E-state index contributed by atoms with van der Waals surface area (Å²) in [6.45, 7) is 1.19. The van der Waals surface area contributed by atoms with Crippen LogP contribution in [0.15, 0.2) is 60.7 Å². The van der Waals surface area contributed by atoms with E-state index in [1.807, 2.05) is 43.4 Å². The predicted octanol–water partition coefficient (Wildman–Crippen LogP) is 1.36. The molecule has 0 aliphatic rings. The van der Waals surface area contributed by atoms with Gasteiger partial charge < -0.3 is 16.0 Å². The van der Waals surface area contributed by atoms with Gasteiger partial charge in [0.1, 0.15) is 6.04 Å². The smallest absolute Gasteiger partial charge is 0.251 e. The number of amides is 2. The molecule has 1 atom stereocenters. The zero-order chi connectivity index (χ0) is 17.2. The van der Waals surface area contributed by atoms with Gasteiger partial charge in [0.05, 0.1) is 0 Å². The zero-order valence-electron chi connectivity index (χ0n) is 13.8. The lowest BCUT2D eigenvalue weighted by molar-refractivity contribution is -0.122. The first-order valence-corrected chi connectivity index (χ1v) is 8.03. The highest BCUT2D eigenvalue weighted by molar-refractivity contribution is 5.97. The van der Waals surface area contributed by atoms with Crippen LogP contribution in [0.25, 0.3) is 0 Å². The molecule has 0 saturated heterocycles. The molecular weight excluding hydrogens is 302 g/mol. The first-order valence-electron chi connectivity index (χ1n) is 8.03. The Morgan fingerprint density at radius 3 is 2.17 bits per heavy atom. The van der Waals surface area contributed by atoms with Gasteiger partial charge in [0.25, 0.3) is 5.91 Å². The Balaban J connectivity index is 2.06. The highest BCUT2D eigenvalue weighted by Crippen LogP contribution is 2.05. The second-order valence-corrected chi connectivity index (χ2v) is 5.48. The summed E-state index contributed by atoms with van der Waals surface area (Å²) in [5, 5.41) is 8.66. The van der Waals surface area contributed by atoms with Crippen molar-refractivity contribution in [3.05, 3.63) is 71.8 Å². The minimum Gasteiger partial charge on any atom is -0.353 e. The van der Waals surface area contributed by atoms with Gasteiger partial charge in [0, 0.05) is 25.1 Å². The van der Waals surface area contributed by atoms with Crippen LogP contribution in [0.5, 0.6) is 0 Å². The normalized spacial score (nSPS) is 11.5. The Bertz CT molecular complexity index is 644. The molecule has 2 amide bonds. The second-order valence-electron chi connectivity index (χ2n) is 5.48. The molecule has 0 saturated carbocycles. The van der Waals surface area contributed by atoms with E-state index < -0.39 is 6.04 Å². The average molecular weight is 325 g/mol. The van der Waals surface area contributed by atoms with E-state index in [1.165, 1.54) is 0 Å². The van der Waals surface area contributed by atoms with Gasteiger partial charge >= 0.3 is 0 Å². The van der Waals surface area contributed by atoms with Crippen LogP contribution in [0, 0.1) is 0 Å². The SMILES string of the molecule is CNCCNC(=O)C(Cc1ccccc1)NC(=O)c1ccccc1. The van der Waals surface area contributed by atoms with Crippen molar-refractivity contribution in [2.45, 2.75) is 12.5 Å². The fourth-order valence-electron chi connectivity index (χ4n) is 2.32. The van der Waals surface area contributed by atoms with E-state index >= 15 is 0 Å². The topological polar surface area (TPSA) is 70.2 Å². The second kappa shape index (κ2) is 9.47. The van der Waals surface area contributed by atoms with Gasteiger partial charge in [0.15, 0.2) is 0 Å². The van der Waals surface area contributed by atoms with E-state index in [-0.39, 0.29) is 11.8 Å². The van der Waals surface area contributed by atoms with Crippen LogP contribution in [0.2, 0.25) is 0 Å². The lowest BCUT2D eigenvalue weighted by Gasteiger charge is -2.19. The number of likely N-dealkylation sites (N-methyl/N-ethyl adjacent to an activating group) is 1. The van der Waals surface area contributed by atoms with E-state index in [0.717, 1.165) is 5.56 Å². The largest absolute Gasteiger partial charge is 0.353 e. The molecule has 0 aliphatic heterocycles. The van der Waals surface area contributed by atoms with Crippen LogP contribution in [0.1, 0.15) is 15.9 Å². The lowest BCUT2D eigenvalue weighted by Crippen LogP contribution is -2.49. The van der Waals surface area contributed by atoms with Crippen LogP contribution in [0.3, 0.4) is 0 Å². The van der Waals surface area contributed by atoms with Crippen molar-refractivity contribution in [2.24, 2.45) is 0 Å². The fraction of sp³-hybridized carbons (Fsp3) is 0.263. The number of rotatable bonds is 8. The Labute approximate surface area is 142 Å². The molecule has 126 valence electrons. The maximum Gasteiger partial charge on any atom is 0.251 e. The quantitative estimate of drug-likeness (QED) is 0.642. The summed E-state index contributed by atoms with van der Waals surface area (Å²) in [5.41, 5.74) is 1.54. The van der Waals surface area contributed by atoms with Crippen molar-refractivity contribution in [2.75, 3.05) is 20.1 Å². The molecule has 0 aromatic heterocycles. The molecular formula is C19H23N3O2. The van der Waals surface area contributed by atoms with E-state index in [4.69, 9.17) is 0 Å². The molecule has 0 aliphatic carbocycles. The zero-order valence-corrected chi connectivity index (χ0v) is 13.8. The van der Waals surface area contributed by atoms with Crippen LogP contribution < -0.4 is 16.0 Å². The van der Waals surface area contributed by atoms with E-state index in [0.29, 0.717) is 25.1 Å². The van der Waals surface area contributed by atoms with Gasteiger partial charge in [0.2, 0.25) is 5.91 Å². The molecule has 3 N–H and O–H groups in total. The Hall–Kier alpha value is -2.66. The minimum absolute atomic E-state index is 0.182.